The number of benzene rings is 3. The Balaban J connectivity index is 2.04. The van der Waals surface area contributed by atoms with Gasteiger partial charge in [0.05, 0.1) is 10.6 Å². The minimum atomic E-state index is -4.15. The molecule has 39 heavy (non-hydrogen) atoms. The molecule has 0 unspecified atom stereocenters. The molecule has 3 rings (SSSR count). The summed E-state index contributed by atoms with van der Waals surface area (Å²) in [5.74, 6) is -1.60. The van der Waals surface area contributed by atoms with Crippen LogP contribution in [0.1, 0.15) is 45.7 Å². The van der Waals surface area contributed by atoms with Gasteiger partial charge >= 0.3 is 0 Å². The summed E-state index contributed by atoms with van der Waals surface area (Å²) < 4.78 is 43.2. The number of rotatable bonds is 10. The number of nitrogens with zero attached hydrogens (tertiary/aromatic N) is 2. The normalized spacial score (nSPS) is 12.5. The van der Waals surface area contributed by atoms with E-state index in [0.717, 1.165) is 16.3 Å². The number of anilines is 1. The van der Waals surface area contributed by atoms with Gasteiger partial charge in [0.2, 0.25) is 11.8 Å². The summed E-state index contributed by atoms with van der Waals surface area (Å²) in [4.78, 5) is 28.2. The number of aryl methyl sites for hydroxylation is 1. The van der Waals surface area contributed by atoms with Gasteiger partial charge in [-0.3, -0.25) is 13.9 Å². The van der Waals surface area contributed by atoms with Gasteiger partial charge in [0, 0.05) is 17.6 Å². The third kappa shape index (κ3) is 7.66. The van der Waals surface area contributed by atoms with Crippen LogP contribution in [0.15, 0.2) is 83.8 Å². The molecule has 0 aliphatic heterocycles. The third-order valence-corrected chi connectivity index (χ3v) is 7.99. The van der Waals surface area contributed by atoms with E-state index in [1.54, 1.807) is 43.3 Å². The van der Waals surface area contributed by atoms with Gasteiger partial charge in [0.1, 0.15) is 18.4 Å². The number of halogens is 1. The fourth-order valence-corrected chi connectivity index (χ4v) is 5.45. The predicted octanol–water partition coefficient (Wildman–Crippen LogP) is 4.92. The number of amides is 2. The molecule has 208 valence electrons. The lowest BCUT2D eigenvalue weighted by atomic mass is 10.1. The Morgan fingerprint density at radius 2 is 1.51 bits per heavy atom. The molecular formula is C30H36FN3O4S. The molecule has 7 nitrogen and oxygen atoms in total. The minimum Gasteiger partial charge on any atom is -0.350 e. The summed E-state index contributed by atoms with van der Waals surface area (Å²) in [5, 5.41) is 2.85. The molecule has 2 amide bonds. The number of hydrogen-bond acceptors (Lipinski definition) is 4. The van der Waals surface area contributed by atoms with Crippen molar-refractivity contribution in [3.8, 4) is 0 Å². The molecule has 1 N–H and O–H groups in total. The van der Waals surface area contributed by atoms with Crippen molar-refractivity contribution in [2.45, 2.75) is 64.1 Å². The molecular weight excluding hydrogens is 517 g/mol. The maximum atomic E-state index is 14.6. The summed E-state index contributed by atoms with van der Waals surface area (Å²) >= 11 is 0. The number of nitrogens with one attached hydrogen (secondary N) is 1. The first-order valence-electron chi connectivity index (χ1n) is 12.8. The van der Waals surface area contributed by atoms with Crippen molar-refractivity contribution in [3.63, 3.8) is 0 Å². The number of sulfonamides is 1. The van der Waals surface area contributed by atoms with Crippen LogP contribution in [0, 0.1) is 5.82 Å². The number of carbonyl (C=O) groups excluding carboxylic acids is 2. The Morgan fingerprint density at radius 3 is 2.08 bits per heavy atom. The van der Waals surface area contributed by atoms with Gasteiger partial charge in [0.15, 0.2) is 0 Å². The standard InChI is InChI=1S/C30H36FN3O4S/c1-6-23-16-18-25(19-17-23)34(39(37,38)26-13-8-7-9-14-26)21-28(35)33(20-24-12-10-11-15-27(24)31)22(2)29(36)32-30(3,4)5/h7-19,22H,6,20-21H2,1-5H3,(H,32,36)/t22-/m1/s1. The Bertz CT molecular complexity index is 1390. The van der Waals surface area contributed by atoms with Crippen LogP contribution in [-0.4, -0.2) is 43.3 Å². The first-order chi connectivity index (χ1) is 18.3. The Labute approximate surface area is 230 Å². The van der Waals surface area contributed by atoms with Gasteiger partial charge in [-0.25, -0.2) is 12.8 Å². The highest BCUT2D eigenvalue weighted by Gasteiger charge is 2.33. The van der Waals surface area contributed by atoms with Crippen molar-refractivity contribution in [2.75, 3.05) is 10.8 Å². The lowest BCUT2D eigenvalue weighted by Gasteiger charge is -2.33. The maximum absolute atomic E-state index is 14.6. The van der Waals surface area contributed by atoms with E-state index in [1.807, 2.05) is 39.8 Å². The zero-order valence-corrected chi connectivity index (χ0v) is 23.8. The maximum Gasteiger partial charge on any atom is 0.264 e. The predicted molar refractivity (Wildman–Crippen MR) is 151 cm³/mol. The lowest BCUT2D eigenvalue weighted by Crippen LogP contribution is -2.54. The fourth-order valence-electron chi connectivity index (χ4n) is 4.01. The van der Waals surface area contributed by atoms with Gasteiger partial charge in [-0.2, -0.15) is 0 Å². The molecule has 0 radical (unpaired) electrons. The van der Waals surface area contributed by atoms with Crippen LogP contribution in [0.3, 0.4) is 0 Å². The van der Waals surface area contributed by atoms with Crippen molar-refractivity contribution in [2.24, 2.45) is 0 Å². The average Bonchev–Trinajstić information content (AvgIpc) is 2.90. The molecule has 3 aromatic rings. The van der Waals surface area contributed by atoms with Crippen molar-refractivity contribution in [1.29, 1.82) is 0 Å². The summed E-state index contributed by atoms with van der Waals surface area (Å²) in [7, 11) is -4.15. The van der Waals surface area contributed by atoms with Gasteiger partial charge in [-0.1, -0.05) is 55.5 Å². The molecule has 0 aliphatic rings. The summed E-state index contributed by atoms with van der Waals surface area (Å²) in [6.45, 7) is 8.19. The lowest BCUT2D eigenvalue weighted by molar-refractivity contribution is -0.140. The molecule has 0 fully saturated rings. The van der Waals surface area contributed by atoms with E-state index in [1.165, 1.54) is 35.2 Å². The number of hydrogen-bond donors (Lipinski definition) is 1. The van der Waals surface area contributed by atoms with Crippen molar-refractivity contribution in [3.05, 3.63) is 95.8 Å². The van der Waals surface area contributed by atoms with Crippen LogP contribution in [0.4, 0.5) is 10.1 Å². The van der Waals surface area contributed by atoms with E-state index in [4.69, 9.17) is 0 Å². The van der Waals surface area contributed by atoms with Crippen LogP contribution in [0.2, 0.25) is 0 Å². The van der Waals surface area contributed by atoms with E-state index in [-0.39, 0.29) is 17.0 Å². The van der Waals surface area contributed by atoms with E-state index in [0.29, 0.717) is 5.69 Å². The molecule has 0 saturated carbocycles. The van der Waals surface area contributed by atoms with E-state index in [2.05, 4.69) is 5.32 Å². The second-order valence-electron chi connectivity index (χ2n) is 10.4. The van der Waals surface area contributed by atoms with Crippen molar-refractivity contribution < 1.29 is 22.4 Å². The van der Waals surface area contributed by atoms with E-state index in [9.17, 15) is 22.4 Å². The first kappa shape index (κ1) is 29.8. The van der Waals surface area contributed by atoms with Crippen LogP contribution in [0.5, 0.6) is 0 Å². The molecule has 0 spiro atoms. The monoisotopic (exact) mass is 553 g/mol. The highest BCUT2D eigenvalue weighted by molar-refractivity contribution is 7.92. The SMILES string of the molecule is CCc1ccc(N(CC(=O)N(Cc2ccccc2F)[C@H](C)C(=O)NC(C)(C)C)S(=O)(=O)c2ccccc2)cc1. The van der Waals surface area contributed by atoms with Crippen molar-refractivity contribution in [1.82, 2.24) is 10.2 Å². The molecule has 1 atom stereocenters. The van der Waals surface area contributed by atoms with Crippen LogP contribution < -0.4 is 9.62 Å². The summed E-state index contributed by atoms with van der Waals surface area (Å²) in [5.41, 5.74) is 0.964. The molecule has 0 aliphatic carbocycles. The highest BCUT2D eigenvalue weighted by atomic mass is 32.2. The molecule has 0 bridgehead atoms. The summed E-state index contributed by atoms with van der Waals surface area (Å²) in [6, 6.07) is 19.8. The second kappa shape index (κ2) is 12.4. The third-order valence-electron chi connectivity index (χ3n) is 6.21. The fraction of sp³-hybridized carbons (Fsp3) is 0.333. The smallest absolute Gasteiger partial charge is 0.264 e. The Kier molecular flexibility index (Phi) is 9.50. The first-order valence-corrected chi connectivity index (χ1v) is 14.3. The zero-order chi connectivity index (χ0) is 28.8. The largest absolute Gasteiger partial charge is 0.350 e. The molecule has 0 saturated heterocycles. The van der Waals surface area contributed by atoms with Crippen LogP contribution in [0.25, 0.3) is 0 Å². The van der Waals surface area contributed by atoms with Gasteiger partial charge < -0.3 is 10.2 Å². The molecule has 3 aromatic carbocycles. The van der Waals surface area contributed by atoms with Gasteiger partial charge in [-0.05, 0) is 70.0 Å². The van der Waals surface area contributed by atoms with E-state index >= 15 is 0 Å². The Hall–Kier alpha value is -3.72. The van der Waals surface area contributed by atoms with Crippen LogP contribution in [-0.2, 0) is 32.6 Å². The van der Waals surface area contributed by atoms with Gasteiger partial charge in [-0.15, -0.1) is 0 Å². The quantitative estimate of drug-likeness (QED) is 0.386. The van der Waals surface area contributed by atoms with Gasteiger partial charge in [0.25, 0.3) is 10.0 Å². The zero-order valence-electron chi connectivity index (χ0n) is 23.0. The average molecular weight is 554 g/mol. The van der Waals surface area contributed by atoms with Crippen molar-refractivity contribution >= 4 is 27.5 Å². The topological polar surface area (TPSA) is 86.8 Å². The number of carbonyl (C=O) groups is 2. The summed E-state index contributed by atoms with van der Waals surface area (Å²) in [6.07, 6.45) is 0.765. The molecule has 0 aromatic heterocycles. The minimum absolute atomic E-state index is 0.0246. The highest BCUT2D eigenvalue weighted by Crippen LogP contribution is 2.25. The molecule has 9 heteroatoms. The second-order valence-corrected chi connectivity index (χ2v) is 12.2. The molecule has 0 heterocycles. The Morgan fingerprint density at radius 1 is 0.923 bits per heavy atom. The van der Waals surface area contributed by atoms with E-state index < -0.39 is 45.8 Å². The van der Waals surface area contributed by atoms with Crippen LogP contribution >= 0.6 is 0 Å².